The summed E-state index contributed by atoms with van der Waals surface area (Å²) >= 11 is 1.47. The molecule has 1 heterocycles. The second kappa shape index (κ2) is 6.24. The number of carbonyl (C=O) groups is 1. The number of rotatable bonds is 5. The first-order valence-electron chi connectivity index (χ1n) is 7.02. The van der Waals surface area contributed by atoms with Gasteiger partial charge in [-0.1, -0.05) is 13.3 Å². The molecule has 5 heteroatoms. The number of nitrogens with one attached hydrogen (secondary N) is 1. The average Bonchev–Trinajstić information content (AvgIpc) is 3.00. The fourth-order valence-electron chi connectivity index (χ4n) is 2.90. The Morgan fingerprint density at radius 3 is 3.05 bits per heavy atom. The summed E-state index contributed by atoms with van der Waals surface area (Å²) in [7, 11) is 1.40. The summed E-state index contributed by atoms with van der Waals surface area (Å²) < 4.78 is 4.75. The molecule has 4 nitrogen and oxygen atoms in total. The summed E-state index contributed by atoms with van der Waals surface area (Å²) in [6.07, 6.45) is 3.33. The van der Waals surface area contributed by atoms with Gasteiger partial charge in [-0.05, 0) is 31.4 Å². The predicted octanol–water partition coefficient (Wildman–Crippen LogP) is 2.48. The number of methoxy groups -OCH3 is 1. The van der Waals surface area contributed by atoms with E-state index in [4.69, 9.17) is 4.74 Å². The van der Waals surface area contributed by atoms with Crippen molar-refractivity contribution >= 4 is 17.3 Å². The van der Waals surface area contributed by atoms with Crippen LogP contribution in [0, 0.1) is 12.3 Å². The molecule has 0 aliphatic heterocycles. The standard InChI is InChI=1S/C15H23NO3S/c1-10-11(7-12(20-10)14(18)19-3)8-16-13-5-4-6-15(13,2)9-17/h7,13,16-17H,4-6,8-9H2,1-3H3/t13-,15-/m1/s1. The highest BCUT2D eigenvalue weighted by atomic mass is 32.1. The molecule has 2 atom stereocenters. The maximum Gasteiger partial charge on any atom is 0.348 e. The van der Waals surface area contributed by atoms with Crippen LogP contribution < -0.4 is 5.32 Å². The minimum atomic E-state index is -0.273. The van der Waals surface area contributed by atoms with Crippen molar-refractivity contribution in [1.82, 2.24) is 5.32 Å². The van der Waals surface area contributed by atoms with Gasteiger partial charge in [0.1, 0.15) is 4.88 Å². The van der Waals surface area contributed by atoms with Gasteiger partial charge in [0.05, 0.1) is 7.11 Å². The van der Waals surface area contributed by atoms with Crippen molar-refractivity contribution in [3.8, 4) is 0 Å². The molecule has 0 unspecified atom stereocenters. The van der Waals surface area contributed by atoms with E-state index in [1.54, 1.807) is 0 Å². The van der Waals surface area contributed by atoms with Crippen LogP contribution in [0.15, 0.2) is 6.07 Å². The molecule has 0 aromatic carbocycles. The molecule has 1 aliphatic carbocycles. The van der Waals surface area contributed by atoms with Crippen molar-refractivity contribution in [2.24, 2.45) is 5.41 Å². The number of ether oxygens (including phenoxy) is 1. The third kappa shape index (κ3) is 3.05. The molecule has 0 bridgehead atoms. The number of aryl methyl sites for hydroxylation is 1. The summed E-state index contributed by atoms with van der Waals surface area (Å²) in [4.78, 5) is 13.3. The lowest BCUT2D eigenvalue weighted by molar-refractivity contribution is 0.0606. The van der Waals surface area contributed by atoms with E-state index in [0.717, 1.165) is 36.2 Å². The summed E-state index contributed by atoms with van der Waals surface area (Å²) in [5, 5.41) is 13.1. The van der Waals surface area contributed by atoms with Crippen LogP contribution in [-0.2, 0) is 11.3 Å². The van der Waals surface area contributed by atoms with Crippen molar-refractivity contribution in [2.75, 3.05) is 13.7 Å². The molecule has 2 rings (SSSR count). The molecule has 0 amide bonds. The Kier molecular flexibility index (Phi) is 4.83. The third-order valence-electron chi connectivity index (χ3n) is 4.39. The lowest BCUT2D eigenvalue weighted by atomic mass is 9.86. The largest absolute Gasteiger partial charge is 0.465 e. The second-order valence-corrected chi connectivity index (χ2v) is 7.08. The van der Waals surface area contributed by atoms with Gasteiger partial charge in [-0.15, -0.1) is 11.3 Å². The van der Waals surface area contributed by atoms with Gasteiger partial charge in [-0.3, -0.25) is 0 Å². The zero-order valence-electron chi connectivity index (χ0n) is 12.4. The van der Waals surface area contributed by atoms with Gasteiger partial charge < -0.3 is 15.2 Å². The maximum absolute atomic E-state index is 11.5. The first kappa shape index (κ1) is 15.5. The van der Waals surface area contributed by atoms with Crippen molar-refractivity contribution in [3.05, 3.63) is 21.4 Å². The molecule has 0 radical (unpaired) electrons. The average molecular weight is 297 g/mol. The second-order valence-electron chi connectivity index (χ2n) is 5.82. The van der Waals surface area contributed by atoms with Crippen LogP contribution in [0.25, 0.3) is 0 Å². The molecule has 0 saturated heterocycles. The molecule has 20 heavy (non-hydrogen) atoms. The highest BCUT2D eigenvalue weighted by Gasteiger charge is 2.37. The molecular formula is C15H23NO3S. The molecule has 0 spiro atoms. The molecular weight excluding hydrogens is 274 g/mol. The number of aliphatic hydroxyl groups excluding tert-OH is 1. The summed E-state index contributed by atoms with van der Waals surface area (Å²) in [6, 6.07) is 2.25. The topological polar surface area (TPSA) is 58.6 Å². The fraction of sp³-hybridized carbons (Fsp3) is 0.667. The van der Waals surface area contributed by atoms with Gasteiger partial charge in [-0.2, -0.15) is 0 Å². The number of hydrogen-bond acceptors (Lipinski definition) is 5. The molecule has 1 aliphatic rings. The van der Waals surface area contributed by atoms with Crippen LogP contribution in [0.5, 0.6) is 0 Å². The Morgan fingerprint density at radius 1 is 1.65 bits per heavy atom. The Bertz CT molecular complexity index is 485. The normalized spacial score (nSPS) is 25.9. The lowest BCUT2D eigenvalue weighted by Gasteiger charge is -2.30. The van der Waals surface area contributed by atoms with Crippen LogP contribution in [0.3, 0.4) is 0 Å². The SMILES string of the molecule is COC(=O)c1cc(CN[C@@H]2CCC[C@]2(C)CO)c(C)s1. The monoisotopic (exact) mass is 297 g/mol. The van der Waals surface area contributed by atoms with E-state index in [2.05, 4.69) is 12.2 Å². The third-order valence-corrected chi connectivity index (χ3v) is 5.46. The zero-order valence-corrected chi connectivity index (χ0v) is 13.2. The van der Waals surface area contributed by atoms with Crippen LogP contribution in [-0.4, -0.2) is 30.8 Å². The molecule has 112 valence electrons. The van der Waals surface area contributed by atoms with Gasteiger partial charge in [0.25, 0.3) is 0 Å². The number of hydrogen-bond donors (Lipinski definition) is 2. The van der Waals surface area contributed by atoms with Crippen molar-refractivity contribution in [1.29, 1.82) is 0 Å². The maximum atomic E-state index is 11.5. The summed E-state index contributed by atoms with van der Waals surface area (Å²) in [5.74, 6) is -0.273. The van der Waals surface area contributed by atoms with Crippen LogP contribution in [0.1, 0.15) is 46.3 Å². The number of esters is 1. The number of thiophene rings is 1. The number of aliphatic hydroxyl groups is 1. The zero-order chi connectivity index (χ0) is 14.8. The first-order valence-corrected chi connectivity index (χ1v) is 7.83. The summed E-state index contributed by atoms with van der Waals surface area (Å²) in [6.45, 7) is 5.12. The Balaban J connectivity index is 2.01. The highest BCUT2D eigenvalue weighted by Crippen LogP contribution is 2.37. The van der Waals surface area contributed by atoms with Crippen LogP contribution in [0.4, 0.5) is 0 Å². The van der Waals surface area contributed by atoms with E-state index in [1.165, 1.54) is 18.4 Å². The van der Waals surface area contributed by atoms with Crippen molar-refractivity contribution in [2.45, 2.75) is 45.7 Å². The molecule has 1 saturated carbocycles. The van der Waals surface area contributed by atoms with Crippen LogP contribution >= 0.6 is 11.3 Å². The van der Waals surface area contributed by atoms with Gasteiger partial charge in [0.2, 0.25) is 0 Å². The van der Waals surface area contributed by atoms with Crippen LogP contribution in [0.2, 0.25) is 0 Å². The van der Waals surface area contributed by atoms with E-state index in [9.17, 15) is 9.90 Å². The minimum Gasteiger partial charge on any atom is -0.465 e. The van der Waals surface area contributed by atoms with Gasteiger partial charge >= 0.3 is 5.97 Å². The molecule has 1 aromatic rings. The van der Waals surface area contributed by atoms with E-state index in [1.807, 2.05) is 13.0 Å². The van der Waals surface area contributed by atoms with Gasteiger partial charge in [0.15, 0.2) is 0 Å². The predicted molar refractivity (Wildman–Crippen MR) is 80.1 cm³/mol. The quantitative estimate of drug-likeness (QED) is 0.820. The molecule has 1 fully saturated rings. The first-order chi connectivity index (χ1) is 9.50. The number of carbonyl (C=O) groups excluding carboxylic acids is 1. The van der Waals surface area contributed by atoms with E-state index in [-0.39, 0.29) is 18.0 Å². The molecule has 2 N–H and O–H groups in total. The van der Waals surface area contributed by atoms with Gasteiger partial charge in [-0.25, -0.2) is 4.79 Å². The minimum absolute atomic E-state index is 0.0187. The molecule has 1 aromatic heterocycles. The Morgan fingerprint density at radius 2 is 2.40 bits per heavy atom. The van der Waals surface area contributed by atoms with Gasteiger partial charge in [0, 0.05) is 29.5 Å². The smallest absolute Gasteiger partial charge is 0.348 e. The lowest BCUT2D eigenvalue weighted by Crippen LogP contribution is -2.41. The van der Waals surface area contributed by atoms with E-state index >= 15 is 0 Å². The Labute approximate surface area is 124 Å². The Hall–Kier alpha value is -0.910. The van der Waals surface area contributed by atoms with Crippen molar-refractivity contribution in [3.63, 3.8) is 0 Å². The fourth-order valence-corrected chi connectivity index (χ4v) is 3.86. The highest BCUT2D eigenvalue weighted by molar-refractivity contribution is 7.14. The summed E-state index contributed by atoms with van der Waals surface area (Å²) in [5.41, 5.74) is 1.12. The van der Waals surface area contributed by atoms with Crippen molar-refractivity contribution < 1.29 is 14.6 Å². The van der Waals surface area contributed by atoms with E-state index in [0.29, 0.717) is 10.9 Å². The van der Waals surface area contributed by atoms with E-state index < -0.39 is 0 Å².